The van der Waals surface area contributed by atoms with E-state index in [9.17, 15) is 0 Å². The lowest BCUT2D eigenvalue weighted by Crippen LogP contribution is -2.46. The van der Waals surface area contributed by atoms with Gasteiger partial charge in [-0.1, -0.05) is 28.1 Å². The number of benzene rings is 1. The molecule has 1 aromatic carbocycles. The number of guanidine groups is 1. The standard InChI is InChI=1S/C18H27BrN4O.HI/c1-2-20-18(21-13-15-3-5-16(19)6-4-15)23-8-7-17(14-23)22-9-11-24-12-10-22;/h3-6,17H,2,7-14H2,1H3,(H,20,21);1H. The molecule has 3 rings (SSSR count). The van der Waals surface area contributed by atoms with E-state index >= 15 is 0 Å². The molecule has 0 amide bonds. The van der Waals surface area contributed by atoms with Crippen LogP contribution in [-0.4, -0.2) is 67.7 Å². The van der Waals surface area contributed by atoms with Gasteiger partial charge in [-0.3, -0.25) is 4.90 Å². The number of ether oxygens (including phenoxy) is 1. The molecule has 0 aliphatic carbocycles. The van der Waals surface area contributed by atoms with Crippen molar-refractivity contribution in [2.45, 2.75) is 25.9 Å². The molecule has 0 saturated carbocycles. The van der Waals surface area contributed by atoms with Crippen LogP contribution in [0.5, 0.6) is 0 Å². The largest absolute Gasteiger partial charge is 0.379 e. The van der Waals surface area contributed by atoms with Crippen molar-refractivity contribution in [2.24, 2.45) is 4.99 Å². The molecule has 2 aliphatic rings. The number of nitrogens with zero attached hydrogens (tertiary/aromatic N) is 3. The summed E-state index contributed by atoms with van der Waals surface area (Å²) in [6.45, 7) is 9.75. The molecular formula is C18H28BrIN4O. The first-order valence-electron chi connectivity index (χ1n) is 8.85. The molecule has 7 heteroatoms. The van der Waals surface area contributed by atoms with Crippen LogP contribution in [0.4, 0.5) is 0 Å². The van der Waals surface area contributed by atoms with E-state index in [0.29, 0.717) is 12.6 Å². The number of likely N-dealkylation sites (tertiary alicyclic amines) is 1. The Kier molecular flexibility index (Phi) is 8.95. The topological polar surface area (TPSA) is 40.1 Å². The summed E-state index contributed by atoms with van der Waals surface area (Å²) in [5.41, 5.74) is 1.23. The molecule has 1 N–H and O–H groups in total. The van der Waals surface area contributed by atoms with E-state index in [0.717, 1.165) is 56.4 Å². The molecule has 0 spiro atoms. The average Bonchev–Trinajstić information content (AvgIpc) is 3.11. The third-order valence-electron chi connectivity index (χ3n) is 4.68. The van der Waals surface area contributed by atoms with Crippen molar-refractivity contribution in [3.63, 3.8) is 0 Å². The highest BCUT2D eigenvalue weighted by Crippen LogP contribution is 2.17. The van der Waals surface area contributed by atoms with Crippen molar-refractivity contribution in [1.82, 2.24) is 15.1 Å². The average molecular weight is 523 g/mol. The summed E-state index contributed by atoms with van der Waals surface area (Å²) >= 11 is 3.48. The number of halogens is 2. The van der Waals surface area contributed by atoms with Crippen LogP contribution >= 0.6 is 39.9 Å². The minimum absolute atomic E-state index is 0. The van der Waals surface area contributed by atoms with E-state index in [4.69, 9.17) is 9.73 Å². The number of nitrogens with one attached hydrogen (secondary N) is 1. The monoisotopic (exact) mass is 522 g/mol. The van der Waals surface area contributed by atoms with Crippen LogP contribution in [0.15, 0.2) is 33.7 Å². The third-order valence-corrected chi connectivity index (χ3v) is 5.21. The van der Waals surface area contributed by atoms with Gasteiger partial charge in [-0.2, -0.15) is 0 Å². The Morgan fingerprint density at radius 3 is 2.64 bits per heavy atom. The first-order valence-corrected chi connectivity index (χ1v) is 9.65. The zero-order chi connectivity index (χ0) is 16.8. The SMILES string of the molecule is CCNC(=NCc1ccc(Br)cc1)N1CCC(N2CCOCC2)C1.I. The Morgan fingerprint density at radius 1 is 1.24 bits per heavy atom. The van der Waals surface area contributed by atoms with E-state index in [1.165, 1.54) is 12.0 Å². The van der Waals surface area contributed by atoms with Crippen LogP contribution in [0, 0.1) is 0 Å². The van der Waals surface area contributed by atoms with Gasteiger partial charge in [0.1, 0.15) is 0 Å². The zero-order valence-corrected chi connectivity index (χ0v) is 18.7. The van der Waals surface area contributed by atoms with Crippen molar-refractivity contribution in [2.75, 3.05) is 45.9 Å². The van der Waals surface area contributed by atoms with Crippen LogP contribution in [0.3, 0.4) is 0 Å². The number of aliphatic imine (C=N–C) groups is 1. The van der Waals surface area contributed by atoms with Crippen LogP contribution in [0.25, 0.3) is 0 Å². The normalized spacial score (nSPS) is 21.9. The molecule has 25 heavy (non-hydrogen) atoms. The van der Waals surface area contributed by atoms with Crippen molar-refractivity contribution in [3.8, 4) is 0 Å². The first-order chi connectivity index (χ1) is 11.8. The second-order valence-electron chi connectivity index (χ2n) is 6.33. The molecule has 2 saturated heterocycles. The maximum Gasteiger partial charge on any atom is 0.194 e. The number of morpholine rings is 1. The minimum Gasteiger partial charge on any atom is -0.379 e. The van der Waals surface area contributed by atoms with Gasteiger partial charge in [-0.15, -0.1) is 24.0 Å². The zero-order valence-electron chi connectivity index (χ0n) is 14.8. The highest BCUT2D eigenvalue weighted by atomic mass is 127. The van der Waals surface area contributed by atoms with Crippen molar-refractivity contribution >= 4 is 45.9 Å². The van der Waals surface area contributed by atoms with Crippen LogP contribution < -0.4 is 5.32 Å². The van der Waals surface area contributed by atoms with Gasteiger partial charge in [0.05, 0.1) is 19.8 Å². The molecule has 140 valence electrons. The Labute approximate surface area is 176 Å². The third kappa shape index (κ3) is 6.08. The van der Waals surface area contributed by atoms with Gasteiger partial charge in [0.15, 0.2) is 5.96 Å². The second-order valence-corrected chi connectivity index (χ2v) is 7.25. The van der Waals surface area contributed by atoms with Gasteiger partial charge in [0.2, 0.25) is 0 Å². The van der Waals surface area contributed by atoms with Gasteiger partial charge >= 0.3 is 0 Å². The summed E-state index contributed by atoms with van der Waals surface area (Å²) in [6, 6.07) is 9.02. The van der Waals surface area contributed by atoms with Crippen molar-refractivity contribution < 1.29 is 4.74 Å². The summed E-state index contributed by atoms with van der Waals surface area (Å²) in [6.07, 6.45) is 1.21. The van der Waals surface area contributed by atoms with E-state index in [2.05, 4.69) is 62.2 Å². The number of hydrogen-bond donors (Lipinski definition) is 1. The van der Waals surface area contributed by atoms with E-state index in [-0.39, 0.29) is 24.0 Å². The summed E-state index contributed by atoms with van der Waals surface area (Å²) in [5.74, 6) is 1.04. The van der Waals surface area contributed by atoms with Gasteiger partial charge in [0.25, 0.3) is 0 Å². The fourth-order valence-electron chi connectivity index (χ4n) is 3.36. The van der Waals surface area contributed by atoms with Crippen LogP contribution in [-0.2, 0) is 11.3 Å². The highest BCUT2D eigenvalue weighted by molar-refractivity contribution is 14.0. The number of hydrogen-bond acceptors (Lipinski definition) is 3. The fourth-order valence-corrected chi connectivity index (χ4v) is 3.62. The molecule has 1 aromatic rings. The summed E-state index contributed by atoms with van der Waals surface area (Å²) in [7, 11) is 0. The van der Waals surface area contributed by atoms with E-state index < -0.39 is 0 Å². The molecule has 1 unspecified atom stereocenters. The van der Waals surface area contributed by atoms with Crippen LogP contribution in [0.1, 0.15) is 18.9 Å². The maximum absolute atomic E-state index is 5.47. The lowest BCUT2D eigenvalue weighted by molar-refractivity contribution is 0.0195. The van der Waals surface area contributed by atoms with Crippen molar-refractivity contribution in [1.29, 1.82) is 0 Å². The molecule has 0 bridgehead atoms. The minimum atomic E-state index is 0. The summed E-state index contributed by atoms with van der Waals surface area (Å²) in [5, 5.41) is 3.45. The Balaban J connectivity index is 0.00000225. The second kappa shape index (κ2) is 10.7. The van der Waals surface area contributed by atoms with E-state index in [1.807, 2.05) is 0 Å². The molecule has 2 aliphatic heterocycles. The molecule has 5 nitrogen and oxygen atoms in total. The molecule has 2 fully saturated rings. The predicted octanol–water partition coefficient (Wildman–Crippen LogP) is 2.94. The van der Waals surface area contributed by atoms with Crippen LogP contribution in [0.2, 0.25) is 0 Å². The van der Waals surface area contributed by atoms with Gasteiger partial charge < -0.3 is 15.0 Å². The Morgan fingerprint density at radius 2 is 1.96 bits per heavy atom. The van der Waals surface area contributed by atoms with Gasteiger partial charge in [-0.05, 0) is 31.0 Å². The van der Waals surface area contributed by atoms with Crippen molar-refractivity contribution in [3.05, 3.63) is 34.3 Å². The maximum atomic E-state index is 5.47. The highest BCUT2D eigenvalue weighted by Gasteiger charge is 2.30. The Bertz CT molecular complexity index is 549. The predicted molar refractivity (Wildman–Crippen MR) is 117 cm³/mol. The molecule has 2 heterocycles. The van der Waals surface area contributed by atoms with Gasteiger partial charge in [-0.25, -0.2) is 4.99 Å². The lowest BCUT2D eigenvalue weighted by atomic mass is 10.2. The molecule has 1 atom stereocenters. The molecular weight excluding hydrogens is 495 g/mol. The summed E-state index contributed by atoms with van der Waals surface area (Å²) < 4.78 is 6.58. The number of rotatable bonds is 4. The van der Waals surface area contributed by atoms with Gasteiger partial charge in [0, 0.05) is 43.2 Å². The molecule has 0 radical (unpaired) electrons. The lowest BCUT2D eigenvalue weighted by Gasteiger charge is -2.32. The Hall–Kier alpha value is -0.380. The molecule has 0 aromatic heterocycles. The first kappa shape index (κ1) is 20.9. The fraction of sp³-hybridized carbons (Fsp3) is 0.611. The quantitative estimate of drug-likeness (QED) is 0.375. The summed E-state index contributed by atoms with van der Waals surface area (Å²) in [4.78, 5) is 9.82. The van der Waals surface area contributed by atoms with E-state index in [1.54, 1.807) is 0 Å². The smallest absolute Gasteiger partial charge is 0.194 e.